The Balaban J connectivity index is 1.98. The van der Waals surface area contributed by atoms with Gasteiger partial charge < -0.3 is 10.2 Å². The molecule has 3 heterocycles. The van der Waals surface area contributed by atoms with Gasteiger partial charge in [0.2, 0.25) is 0 Å². The first-order chi connectivity index (χ1) is 11.4. The third-order valence-corrected chi connectivity index (χ3v) is 4.19. The summed E-state index contributed by atoms with van der Waals surface area (Å²) in [6.07, 6.45) is -3.31. The summed E-state index contributed by atoms with van der Waals surface area (Å²) < 4.78 is 52.8. The van der Waals surface area contributed by atoms with Crippen LogP contribution in [0.4, 0.5) is 23.4 Å². The fourth-order valence-electron chi connectivity index (χ4n) is 3.02. The third kappa shape index (κ3) is 2.35. The molecule has 0 bridgehead atoms. The minimum absolute atomic E-state index is 0.183. The second kappa shape index (κ2) is 5.30. The van der Waals surface area contributed by atoms with Crippen molar-refractivity contribution in [1.29, 1.82) is 0 Å². The summed E-state index contributed by atoms with van der Waals surface area (Å²) >= 11 is 0. The summed E-state index contributed by atoms with van der Waals surface area (Å²) in [6, 6.07) is 1.65. The summed E-state index contributed by atoms with van der Waals surface area (Å²) in [7, 11) is 0. The first kappa shape index (κ1) is 15.1. The van der Waals surface area contributed by atoms with Crippen LogP contribution in [-0.4, -0.2) is 41.4 Å². The molecule has 2 aromatic heterocycles. The van der Waals surface area contributed by atoms with Crippen LogP contribution >= 0.6 is 0 Å². The van der Waals surface area contributed by atoms with Gasteiger partial charge in [0.15, 0.2) is 5.82 Å². The monoisotopic (exact) mass is 339 g/mol. The SMILES string of the molecule is Fc1cc2nc(N3CCNCC3)c3[nH]ncc3c2cc1C(F)(F)F. The molecule has 24 heavy (non-hydrogen) atoms. The van der Waals surface area contributed by atoms with Gasteiger partial charge in [-0.25, -0.2) is 9.37 Å². The third-order valence-electron chi connectivity index (χ3n) is 4.19. The predicted molar refractivity (Wildman–Crippen MR) is 81.4 cm³/mol. The second-order valence-corrected chi connectivity index (χ2v) is 5.68. The van der Waals surface area contributed by atoms with E-state index in [0.717, 1.165) is 25.2 Å². The number of anilines is 1. The average Bonchev–Trinajstić information content (AvgIpc) is 3.03. The molecule has 0 saturated carbocycles. The smallest absolute Gasteiger partial charge is 0.352 e. The van der Waals surface area contributed by atoms with Crippen molar-refractivity contribution in [3.05, 3.63) is 29.7 Å². The second-order valence-electron chi connectivity index (χ2n) is 5.68. The van der Waals surface area contributed by atoms with Gasteiger partial charge in [-0.15, -0.1) is 0 Å². The molecule has 0 aliphatic carbocycles. The fourth-order valence-corrected chi connectivity index (χ4v) is 3.02. The number of benzene rings is 1. The first-order valence-corrected chi connectivity index (χ1v) is 7.44. The van der Waals surface area contributed by atoms with E-state index < -0.39 is 17.6 Å². The number of piperazine rings is 1. The molecule has 0 unspecified atom stereocenters. The van der Waals surface area contributed by atoms with E-state index in [9.17, 15) is 17.6 Å². The van der Waals surface area contributed by atoms with Crippen LogP contribution in [0.15, 0.2) is 18.3 Å². The lowest BCUT2D eigenvalue weighted by molar-refractivity contribution is -0.139. The zero-order chi connectivity index (χ0) is 16.9. The molecule has 1 aliphatic rings. The van der Waals surface area contributed by atoms with Crippen molar-refractivity contribution in [3.8, 4) is 0 Å². The topological polar surface area (TPSA) is 56.8 Å². The maximum absolute atomic E-state index is 13.9. The van der Waals surface area contributed by atoms with E-state index in [4.69, 9.17) is 0 Å². The summed E-state index contributed by atoms with van der Waals surface area (Å²) in [5, 5.41) is 10.7. The van der Waals surface area contributed by atoms with Gasteiger partial charge in [-0.05, 0) is 6.07 Å². The van der Waals surface area contributed by atoms with E-state index in [2.05, 4.69) is 20.5 Å². The van der Waals surface area contributed by atoms with Crippen LogP contribution in [0.25, 0.3) is 21.8 Å². The molecule has 1 fully saturated rings. The predicted octanol–water partition coefficient (Wildman–Crippen LogP) is 2.68. The summed E-state index contributed by atoms with van der Waals surface area (Å²) in [6.45, 7) is 2.96. The Kier molecular flexibility index (Phi) is 3.34. The Labute approximate surface area is 133 Å². The molecule has 9 heteroatoms. The zero-order valence-electron chi connectivity index (χ0n) is 12.4. The molecule has 4 rings (SSSR count). The fraction of sp³-hybridized carbons (Fsp3) is 0.333. The lowest BCUT2D eigenvalue weighted by Crippen LogP contribution is -2.44. The van der Waals surface area contributed by atoms with Gasteiger partial charge >= 0.3 is 6.18 Å². The van der Waals surface area contributed by atoms with E-state index in [1.54, 1.807) is 0 Å². The number of hydrogen-bond acceptors (Lipinski definition) is 4. The standard InChI is InChI=1S/C15H13F4N5/c16-11-6-12-8(5-10(11)15(17,18)19)9-7-21-23-13(9)14(22-12)24-3-1-20-2-4-24/h5-7,20H,1-4H2,(H,21,23). The van der Waals surface area contributed by atoms with Crippen molar-refractivity contribution in [2.45, 2.75) is 6.18 Å². The van der Waals surface area contributed by atoms with Gasteiger partial charge in [-0.2, -0.15) is 18.3 Å². The zero-order valence-corrected chi connectivity index (χ0v) is 12.4. The Morgan fingerprint density at radius 1 is 1.08 bits per heavy atom. The Morgan fingerprint density at radius 3 is 2.54 bits per heavy atom. The van der Waals surface area contributed by atoms with Crippen molar-refractivity contribution in [2.75, 3.05) is 31.1 Å². The molecular weight excluding hydrogens is 326 g/mol. The average molecular weight is 339 g/mol. The van der Waals surface area contributed by atoms with E-state index in [0.29, 0.717) is 29.8 Å². The van der Waals surface area contributed by atoms with Crippen molar-refractivity contribution in [1.82, 2.24) is 20.5 Å². The van der Waals surface area contributed by atoms with Crippen LogP contribution in [0.5, 0.6) is 0 Å². The molecular formula is C15H13F4N5. The summed E-state index contributed by atoms with van der Waals surface area (Å²) in [5.41, 5.74) is -0.554. The molecule has 2 N–H and O–H groups in total. The number of H-pyrrole nitrogens is 1. The van der Waals surface area contributed by atoms with E-state index in [1.165, 1.54) is 6.20 Å². The molecule has 3 aromatic rings. The molecule has 0 amide bonds. The molecule has 0 spiro atoms. The highest BCUT2D eigenvalue weighted by atomic mass is 19.4. The first-order valence-electron chi connectivity index (χ1n) is 7.44. The summed E-state index contributed by atoms with van der Waals surface area (Å²) in [4.78, 5) is 6.41. The number of aromatic nitrogens is 3. The van der Waals surface area contributed by atoms with Gasteiger partial charge in [0.25, 0.3) is 0 Å². The van der Waals surface area contributed by atoms with Crippen LogP contribution in [-0.2, 0) is 6.18 Å². The minimum atomic E-state index is -4.76. The van der Waals surface area contributed by atoms with Crippen LogP contribution in [0.3, 0.4) is 0 Å². The van der Waals surface area contributed by atoms with Crippen molar-refractivity contribution < 1.29 is 17.6 Å². The molecule has 5 nitrogen and oxygen atoms in total. The summed E-state index contributed by atoms with van der Waals surface area (Å²) in [5.74, 6) is -0.743. The van der Waals surface area contributed by atoms with Gasteiger partial charge in [-0.3, -0.25) is 5.10 Å². The molecule has 1 aromatic carbocycles. The van der Waals surface area contributed by atoms with Crippen LogP contribution in [0, 0.1) is 5.82 Å². The number of halogens is 4. The quantitative estimate of drug-likeness (QED) is 0.670. The van der Waals surface area contributed by atoms with Gasteiger partial charge in [0.1, 0.15) is 11.3 Å². The van der Waals surface area contributed by atoms with Crippen molar-refractivity contribution in [2.24, 2.45) is 0 Å². The maximum Gasteiger partial charge on any atom is 0.419 e. The van der Waals surface area contributed by atoms with Gasteiger partial charge in [0.05, 0.1) is 17.3 Å². The van der Waals surface area contributed by atoms with Gasteiger partial charge in [0, 0.05) is 43.0 Å². The number of hydrogen-bond donors (Lipinski definition) is 2. The number of fused-ring (bicyclic) bond motifs is 3. The van der Waals surface area contributed by atoms with Crippen LogP contribution < -0.4 is 10.2 Å². The van der Waals surface area contributed by atoms with E-state index in [-0.39, 0.29) is 10.9 Å². The van der Waals surface area contributed by atoms with E-state index >= 15 is 0 Å². The van der Waals surface area contributed by atoms with Gasteiger partial charge in [-0.1, -0.05) is 0 Å². The Hall–Kier alpha value is -2.42. The van der Waals surface area contributed by atoms with Crippen molar-refractivity contribution >= 4 is 27.6 Å². The highest BCUT2D eigenvalue weighted by Gasteiger charge is 2.35. The molecule has 126 valence electrons. The maximum atomic E-state index is 13.9. The molecule has 0 radical (unpaired) electrons. The number of pyridine rings is 1. The number of nitrogens with one attached hydrogen (secondary N) is 2. The van der Waals surface area contributed by atoms with Crippen molar-refractivity contribution in [3.63, 3.8) is 0 Å². The number of alkyl halides is 3. The van der Waals surface area contributed by atoms with Crippen LogP contribution in [0.1, 0.15) is 5.56 Å². The number of rotatable bonds is 1. The lowest BCUT2D eigenvalue weighted by Gasteiger charge is -2.29. The molecule has 1 saturated heterocycles. The molecule has 0 atom stereocenters. The van der Waals surface area contributed by atoms with Crippen LogP contribution in [0.2, 0.25) is 0 Å². The lowest BCUT2D eigenvalue weighted by atomic mass is 10.1. The highest BCUT2D eigenvalue weighted by Crippen LogP contribution is 2.37. The van der Waals surface area contributed by atoms with E-state index in [1.807, 2.05) is 4.90 Å². The highest BCUT2D eigenvalue weighted by molar-refractivity contribution is 6.08. The Bertz CT molecular complexity index is 911. The minimum Gasteiger partial charge on any atom is -0.352 e. The Morgan fingerprint density at radius 2 is 1.83 bits per heavy atom. The molecule has 1 aliphatic heterocycles. The number of nitrogens with zero attached hydrogens (tertiary/aromatic N) is 3. The number of aromatic amines is 1. The normalized spacial score (nSPS) is 16.2. The largest absolute Gasteiger partial charge is 0.419 e.